The summed E-state index contributed by atoms with van der Waals surface area (Å²) in [7, 11) is 0. The molecular formula is C30H33FN4O4. The first-order valence-electron chi connectivity index (χ1n) is 13.1. The molecule has 1 fully saturated rings. The molecule has 0 radical (unpaired) electrons. The first kappa shape index (κ1) is 27.6. The number of nitrogens with one attached hydrogen (secondary N) is 2. The number of carboxylic acid groups (broad SMARTS) is 1. The lowest BCUT2D eigenvalue weighted by atomic mass is 9.84. The van der Waals surface area contributed by atoms with Crippen LogP contribution in [-0.4, -0.2) is 35.7 Å². The molecule has 0 bridgehead atoms. The van der Waals surface area contributed by atoms with E-state index in [1.54, 1.807) is 53.4 Å². The second-order valence-corrected chi connectivity index (χ2v) is 9.78. The molecular weight excluding hydrogens is 499 g/mol. The molecule has 4 rings (SSSR count). The van der Waals surface area contributed by atoms with Gasteiger partial charge in [-0.2, -0.15) is 0 Å². The third-order valence-electron chi connectivity index (χ3n) is 6.93. The van der Waals surface area contributed by atoms with E-state index >= 15 is 0 Å². The number of anilines is 3. The first-order chi connectivity index (χ1) is 18.8. The third-order valence-corrected chi connectivity index (χ3v) is 6.93. The Labute approximate surface area is 227 Å². The number of carbonyl (C=O) groups is 3. The van der Waals surface area contributed by atoms with Crippen LogP contribution in [0.2, 0.25) is 0 Å². The number of urea groups is 1. The monoisotopic (exact) mass is 532 g/mol. The van der Waals surface area contributed by atoms with Gasteiger partial charge in [-0.15, -0.1) is 0 Å². The zero-order valence-electron chi connectivity index (χ0n) is 21.6. The number of aliphatic carboxylic acids is 1. The molecule has 8 nitrogen and oxygen atoms in total. The van der Waals surface area contributed by atoms with Gasteiger partial charge in [0.05, 0.1) is 13.1 Å². The molecule has 3 amide bonds. The molecule has 1 aliphatic rings. The summed E-state index contributed by atoms with van der Waals surface area (Å²) in [6.07, 6.45) is 3.95. The van der Waals surface area contributed by atoms with E-state index < -0.39 is 24.6 Å². The highest BCUT2D eigenvalue weighted by atomic mass is 19.1. The highest BCUT2D eigenvalue weighted by Crippen LogP contribution is 2.33. The number of nitrogens with zero attached hydrogens (tertiary/aromatic N) is 1. The molecule has 204 valence electrons. The summed E-state index contributed by atoms with van der Waals surface area (Å²) in [6.45, 7) is -0.394. The minimum atomic E-state index is -2.18. The van der Waals surface area contributed by atoms with E-state index in [-0.39, 0.29) is 18.1 Å². The number of benzene rings is 3. The van der Waals surface area contributed by atoms with Crippen molar-refractivity contribution in [3.05, 3.63) is 89.5 Å². The van der Waals surface area contributed by atoms with E-state index in [9.17, 15) is 18.8 Å². The Morgan fingerprint density at radius 1 is 0.974 bits per heavy atom. The Hall–Kier alpha value is -4.40. The molecule has 0 heterocycles. The quantitative estimate of drug-likeness (QED) is 0.263. The van der Waals surface area contributed by atoms with Gasteiger partial charge in [-0.25, -0.2) is 14.0 Å². The minimum Gasteiger partial charge on any atom is -0.479 e. The van der Waals surface area contributed by atoms with Crippen LogP contribution in [0, 0.1) is 0 Å². The van der Waals surface area contributed by atoms with Gasteiger partial charge in [-0.1, -0.05) is 49.6 Å². The first-order valence-corrected chi connectivity index (χ1v) is 13.1. The van der Waals surface area contributed by atoms with E-state index in [0.29, 0.717) is 17.3 Å². The lowest BCUT2D eigenvalue weighted by Gasteiger charge is -2.26. The summed E-state index contributed by atoms with van der Waals surface area (Å²) in [4.78, 5) is 37.9. The average Bonchev–Trinajstić information content (AvgIpc) is 2.95. The van der Waals surface area contributed by atoms with Crippen LogP contribution in [0.1, 0.15) is 59.5 Å². The van der Waals surface area contributed by atoms with Crippen LogP contribution < -0.4 is 21.3 Å². The van der Waals surface area contributed by atoms with Gasteiger partial charge in [0.2, 0.25) is 6.17 Å². The molecule has 0 aliphatic heterocycles. The van der Waals surface area contributed by atoms with E-state index in [1.165, 1.54) is 37.7 Å². The van der Waals surface area contributed by atoms with Crippen molar-refractivity contribution < 1.29 is 23.9 Å². The summed E-state index contributed by atoms with van der Waals surface area (Å²) in [6, 6.07) is 21.2. The second kappa shape index (κ2) is 12.9. The fourth-order valence-corrected chi connectivity index (χ4v) is 4.77. The molecule has 3 aromatic carbocycles. The lowest BCUT2D eigenvalue weighted by Crippen LogP contribution is -2.35. The lowest BCUT2D eigenvalue weighted by molar-refractivity contribution is -0.142. The van der Waals surface area contributed by atoms with Crippen molar-refractivity contribution >= 4 is 35.0 Å². The van der Waals surface area contributed by atoms with Crippen LogP contribution in [0.5, 0.6) is 0 Å². The third kappa shape index (κ3) is 7.56. The van der Waals surface area contributed by atoms with Gasteiger partial charge in [0.15, 0.2) is 0 Å². The molecule has 0 spiro atoms. The van der Waals surface area contributed by atoms with Crippen LogP contribution in [-0.2, 0) is 11.3 Å². The van der Waals surface area contributed by atoms with Gasteiger partial charge in [0.25, 0.3) is 5.91 Å². The van der Waals surface area contributed by atoms with Gasteiger partial charge in [-0.05, 0) is 72.4 Å². The average molecular weight is 533 g/mol. The summed E-state index contributed by atoms with van der Waals surface area (Å²) < 4.78 is 13.3. The zero-order valence-corrected chi connectivity index (χ0v) is 21.6. The van der Waals surface area contributed by atoms with E-state index in [0.717, 1.165) is 11.3 Å². The molecule has 1 atom stereocenters. The van der Waals surface area contributed by atoms with Gasteiger partial charge in [0, 0.05) is 22.6 Å². The number of nitrogens with two attached hydrogens (primary N) is 1. The summed E-state index contributed by atoms with van der Waals surface area (Å²) in [5.74, 6) is -1.67. The van der Waals surface area contributed by atoms with Crippen molar-refractivity contribution in [3.63, 3.8) is 0 Å². The van der Waals surface area contributed by atoms with Crippen molar-refractivity contribution in [2.45, 2.75) is 50.7 Å². The summed E-state index contributed by atoms with van der Waals surface area (Å²) in [5, 5.41) is 13.8. The molecule has 1 unspecified atom stereocenters. The van der Waals surface area contributed by atoms with Crippen LogP contribution in [0.15, 0.2) is 72.8 Å². The van der Waals surface area contributed by atoms with Crippen LogP contribution in [0.3, 0.4) is 0 Å². The highest BCUT2D eigenvalue weighted by molar-refractivity contribution is 6.02. The number of nitrogen functional groups attached to an aromatic ring is 1. The second-order valence-electron chi connectivity index (χ2n) is 9.78. The molecule has 0 saturated heterocycles. The number of hydrogen-bond donors (Lipinski definition) is 4. The predicted molar refractivity (Wildman–Crippen MR) is 150 cm³/mol. The number of rotatable bonds is 9. The van der Waals surface area contributed by atoms with Crippen LogP contribution >= 0.6 is 0 Å². The maximum atomic E-state index is 13.4. The molecule has 9 heteroatoms. The molecule has 39 heavy (non-hydrogen) atoms. The Morgan fingerprint density at radius 3 is 2.31 bits per heavy atom. The number of halogens is 1. The normalized spacial score (nSPS) is 14.3. The molecule has 1 aliphatic carbocycles. The summed E-state index contributed by atoms with van der Waals surface area (Å²) >= 11 is 0. The number of carboxylic acids is 1. The Bertz CT molecular complexity index is 1290. The molecule has 0 aromatic heterocycles. The number of hydrogen-bond acceptors (Lipinski definition) is 4. The standard InChI is InChI=1S/C30H33FN4O4/c31-27(29(37)38)18-33-28(36)23-11-9-20(10-12-23)19-35(30(39)34-25-8-4-7-24(32)17-25)26-15-13-22(14-16-26)21-5-2-1-3-6-21/h4,7-17,21,27H,1-3,5-6,18-19,32H2,(H,33,36)(H,34,39)(H,37,38). The molecule has 3 aromatic rings. The Kier molecular flexibility index (Phi) is 9.14. The number of carbonyl (C=O) groups excluding carboxylic acids is 2. The fourth-order valence-electron chi connectivity index (χ4n) is 4.77. The topological polar surface area (TPSA) is 125 Å². The summed E-state index contributed by atoms with van der Waals surface area (Å²) in [5.41, 5.74) is 10.0. The highest BCUT2D eigenvalue weighted by Gasteiger charge is 2.20. The zero-order chi connectivity index (χ0) is 27.8. The van der Waals surface area contributed by atoms with Crippen molar-refractivity contribution in [2.75, 3.05) is 22.5 Å². The largest absolute Gasteiger partial charge is 0.479 e. The van der Waals surface area contributed by atoms with Crippen molar-refractivity contribution in [2.24, 2.45) is 0 Å². The van der Waals surface area contributed by atoms with Gasteiger partial charge in [-0.3, -0.25) is 9.69 Å². The maximum Gasteiger partial charge on any atom is 0.340 e. The minimum absolute atomic E-state index is 0.227. The Balaban J connectivity index is 1.51. The smallest absolute Gasteiger partial charge is 0.340 e. The van der Waals surface area contributed by atoms with Gasteiger partial charge >= 0.3 is 12.0 Å². The van der Waals surface area contributed by atoms with Crippen molar-refractivity contribution in [1.29, 1.82) is 0 Å². The SMILES string of the molecule is Nc1cccc(NC(=O)N(Cc2ccc(C(=O)NCC(F)C(=O)O)cc2)c2ccc(C3CCCCC3)cc2)c1. The van der Waals surface area contributed by atoms with E-state index in [4.69, 9.17) is 10.8 Å². The predicted octanol–water partition coefficient (Wildman–Crippen LogP) is 5.71. The molecule has 5 N–H and O–H groups in total. The van der Waals surface area contributed by atoms with Crippen LogP contribution in [0.4, 0.5) is 26.2 Å². The number of amides is 3. The van der Waals surface area contributed by atoms with Crippen molar-refractivity contribution in [1.82, 2.24) is 5.32 Å². The maximum absolute atomic E-state index is 13.4. The molecule has 1 saturated carbocycles. The van der Waals surface area contributed by atoms with E-state index in [1.807, 2.05) is 12.1 Å². The fraction of sp³-hybridized carbons (Fsp3) is 0.300. The van der Waals surface area contributed by atoms with Crippen LogP contribution in [0.25, 0.3) is 0 Å². The Morgan fingerprint density at radius 2 is 1.67 bits per heavy atom. The van der Waals surface area contributed by atoms with Gasteiger partial charge in [0.1, 0.15) is 0 Å². The van der Waals surface area contributed by atoms with Gasteiger partial charge < -0.3 is 21.5 Å². The van der Waals surface area contributed by atoms with Crippen molar-refractivity contribution in [3.8, 4) is 0 Å². The van der Waals surface area contributed by atoms with E-state index in [2.05, 4.69) is 22.8 Å². The number of alkyl halides is 1.